The Morgan fingerprint density at radius 1 is 1.53 bits per heavy atom. The highest BCUT2D eigenvalue weighted by Gasteiger charge is 2.12. The molecule has 0 saturated carbocycles. The van der Waals surface area contributed by atoms with Crippen LogP contribution >= 0.6 is 11.3 Å². The number of rotatable bonds is 7. The van der Waals surface area contributed by atoms with Gasteiger partial charge in [-0.3, -0.25) is 10.1 Å². The normalized spacial score (nSPS) is 12.9. The fourth-order valence-corrected chi connectivity index (χ4v) is 2.37. The van der Waals surface area contributed by atoms with Gasteiger partial charge in [-0.2, -0.15) is 0 Å². The van der Waals surface area contributed by atoms with E-state index >= 15 is 0 Å². The molecule has 2 N–H and O–H groups in total. The molecule has 1 heterocycles. The van der Waals surface area contributed by atoms with Crippen LogP contribution in [-0.4, -0.2) is 22.7 Å². The molecule has 6 heteroatoms. The molecule has 0 saturated heterocycles. The number of hydrogen-bond acceptors (Lipinski definition) is 5. The van der Waals surface area contributed by atoms with Crippen molar-refractivity contribution < 1.29 is 10.0 Å². The summed E-state index contributed by atoms with van der Waals surface area (Å²) in [6, 6.07) is 3.31. The van der Waals surface area contributed by atoms with Gasteiger partial charge < -0.3 is 10.4 Å². The van der Waals surface area contributed by atoms with Gasteiger partial charge in [-0.25, -0.2) is 0 Å². The van der Waals surface area contributed by atoms with Crippen molar-refractivity contribution in [3.8, 4) is 0 Å². The van der Waals surface area contributed by atoms with Crippen LogP contribution in [0, 0.1) is 16.0 Å². The quantitative estimate of drug-likeness (QED) is 0.580. The van der Waals surface area contributed by atoms with Crippen molar-refractivity contribution in [2.45, 2.75) is 32.9 Å². The van der Waals surface area contributed by atoms with Crippen molar-refractivity contribution in [1.29, 1.82) is 0 Å². The smallest absolute Gasteiger partial charge is 0.324 e. The lowest BCUT2D eigenvalue weighted by Crippen LogP contribution is -2.32. The number of nitro groups is 1. The molecule has 0 aromatic carbocycles. The van der Waals surface area contributed by atoms with Gasteiger partial charge in [0, 0.05) is 23.5 Å². The molecule has 5 nitrogen and oxygen atoms in total. The highest BCUT2D eigenvalue weighted by atomic mass is 32.1. The lowest BCUT2D eigenvalue weighted by Gasteiger charge is -2.17. The van der Waals surface area contributed by atoms with Gasteiger partial charge in [0.05, 0.1) is 11.5 Å². The van der Waals surface area contributed by atoms with Crippen LogP contribution in [0.5, 0.6) is 0 Å². The molecule has 0 amide bonds. The largest absolute Gasteiger partial charge is 0.395 e. The Morgan fingerprint density at radius 2 is 2.24 bits per heavy atom. The second kappa shape index (κ2) is 6.68. The van der Waals surface area contributed by atoms with Crippen molar-refractivity contribution in [3.63, 3.8) is 0 Å². The minimum atomic E-state index is -0.383. The van der Waals surface area contributed by atoms with Crippen molar-refractivity contribution in [3.05, 3.63) is 27.1 Å². The van der Waals surface area contributed by atoms with E-state index in [9.17, 15) is 15.2 Å². The van der Waals surface area contributed by atoms with Crippen LogP contribution in [0.25, 0.3) is 0 Å². The first-order valence-corrected chi connectivity index (χ1v) is 6.42. The third kappa shape index (κ3) is 4.80. The molecule has 0 aliphatic rings. The average molecular weight is 258 g/mol. The van der Waals surface area contributed by atoms with Gasteiger partial charge in [0.25, 0.3) is 0 Å². The summed E-state index contributed by atoms with van der Waals surface area (Å²) in [5.41, 5.74) is 0. The Balaban J connectivity index is 2.45. The fourth-order valence-electron chi connectivity index (χ4n) is 1.60. The minimum Gasteiger partial charge on any atom is -0.395 e. The maximum atomic E-state index is 10.5. The highest BCUT2D eigenvalue weighted by Crippen LogP contribution is 2.23. The molecule has 0 spiro atoms. The number of aliphatic hydroxyl groups is 1. The lowest BCUT2D eigenvalue weighted by atomic mass is 10.0. The Kier molecular flexibility index (Phi) is 5.54. The Hall–Kier alpha value is -0.980. The van der Waals surface area contributed by atoms with Crippen LogP contribution in [0.2, 0.25) is 0 Å². The zero-order valence-corrected chi connectivity index (χ0v) is 10.9. The lowest BCUT2D eigenvalue weighted by molar-refractivity contribution is -0.380. The van der Waals surface area contributed by atoms with E-state index in [0.29, 0.717) is 12.5 Å². The standard InChI is InChI=1S/C11H18N2O3S/c1-8(2)5-9(7-14)12-6-10-3-4-11(17-10)13(15)16/h3-4,8-9,12,14H,5-7H2,1-2H3. The molecule has 17 heavy (non-hydrogen) atoms. The second-order valence-electron chi connectivity index (χ2n) is 4.39. The van der Waals surface area contributed by atoms with E-state index in [1.165, 1.54) is 17.4 Å². The third-order valence-corrected chi connectivity index (χ3v) is 3.41. The first-order valence-electron chi connectivity index (χ1n) is 5.60. The maximum absolute atomic E-state index is 10.5. The second-order valence-corrected chi connectivity index (χ2v) is 5.53. The molecular formula is C11H18N2O3S. The predicted octanol–water partition coefficient (Wildman–Crippen LogP) is 2.15. The molecule has 1 unspecified atom stereocenters. The third-order valence-electron chi connectivity index (χ3n) is 2.37. The molecule has 0 fully saturated rings. The molecule has 96 valence electrons. The topological polar surface area (TPSA) is 75.4 Å². The van der Waals surface area contributed by atoms with Crippen LogP contribution in [0.4, 0.5) is 5.00 Å². The number of aliphatic hydroxyl groups excluding tert-OH is 1. The van der Waals surface area contributed by atoms with Gasteiger partial charge in [0.1, 0.15) is 0 Å². The molecule has 1 aromatic rings. The number of nitrogens with one attached hydrogen (secondary N) is 1. The van der Waals surface area contributed by atoms with Gasteiger partial charge in [-0.1, -0.05) is 25.2 Å². The van der Waals surface area contributed by atoms with E-state index in [0.717, 1.165) is 11.3 Å². The molecular weight excluding hydrogens is 240 g/mol. The van der Waals surface area contributed by atoms with Crippen molar-refractivity contribution in [2.24, 2.45) is 5.92 Å². The van der Waals surface area contributed by atoms with Gasteiger partial charge >= 0.3 is 5.00 Å². The van der Waals surface area contributed by atoms with Gasteiger partial charge in [0.15, 0.2) is 0 Å². The molecule has 0 bridgehead atoms. The highest BCUT2D eigenvalue weighted by molar-refractivity contribution is 7.15. The van der Waals surface area contributed by atoms with Crippen molar-refractivity contribution >= 4 is 16.3 Å². The molecule has 1 aromatic heterocycles. The van der Waals surface area contributed by atoms with Crippen molar-refractivity contribution in [1.82, 2.24) is 5.32 Å². The monoisotopic (exact) mass is 258 g/mol. The van der Waals surface area contributed by atoms with Gasteiger partial charge in [-0.05, 0) is 18.4 Å². The van der Waals surface area contributed by atoms with Crippen LogP contribution in [0.1, 0.15) is 25.1 Å². The summed E-state index contributed by atoms with van der Waals surface area (Å²) < 4.78 is 0. The summed E-state index contributed by atoms with van der Waals surface area (Å²) in [5.74, 6) is 0.511. The Labute approximate surface area is 105 Å². The molecule has 0 radical (unpaired) electrons. The molecule has 1 atom stereocenters. The van der Waals surface area contributed by atoms with Crippen LogP contribution in [0.3, 0.4) is 0 Å². The van der Waals surface area contributed by atoms with E-state index in [1.54, 1.807) is 6.07 Å². The fraction of sp³-hybridized carbons (Fsp3) is 0.636. The zero-order chi connectivity index (χ0) is 12.8. The summed E-state index contributed by atoms with van der Waals surface area (Å²) in [5, 5.41) is 23.1. The predicted molar refractivity (Wildman–Crippen MR) is 68.1 cm³/mol. The number of thiophene rings is 1. The van der Waals surface area contributed by atoms with E-state index in [4.69, 9.17) is 0 Å². The first-order chi connectivity index (χ1) is 8.02. The summed E-state index contributed by atoms with van der Waals surface area (Å²) >= 11 is 1.17. The summed E-state index contributed by atoms with van der Waals surface area (Å²) in [7, 11) is 0. The Morgan fingerprint density at radius 3 is 2.71 bits per heavy atom. The van der Waals surface area contributed by atoms with E-state index in [2.05, 4.69) is 19.2 Å². The van der Waals surface area contributed by atoms with E-state index < -0.39 is 0 Å². The summed E-state index contributed by atoms with van der Waals surface area (Å²) in [4.78, 5) is 11.0. The SMILES string of the molecule is CC(C)CC(CO)NCc1ccc([N+](=O)[O-])s1. The van der Waals surface area contributed by atoms with Crippen LogP contribution in [-0.2, 0) is 6.54 Å². The number of hydrogen-bond donors (Lipinski definition) is 2. The minimum absolute atomic E-state index is 0.0520. The zero-order valence-electron chi connectivity index (χ0n) is 10.0. The van der Waals surface area contributed by atoms with Gasteiger partial charge in [-0.15, -0.1) is 0 Å². The molecule has 0 aliphatic carbocycles. The van der Waals surface area contributed by atoms with Crippen LogP contribution in [0.15, 0.2) is 12.1 Å². The van der Waals surface area contributed by atoms with Gasteiger partial charge in [0.2, 0.25) is 0 Å². The van der Waals surface area contributed by atoms with Crippen molar-refractivity contribution in [2.75, 3.05) is 6.61 Å². The van der Waals surface area contributed by atoms with E-state index in [1.807, 2.05) is 0 Å². The average Bonchev–Trinajstić information content (AvgIpc) is 2.72. The maximum Gasteiger partial charge on any atom is 0.324 e. The molecule has 1 rings (SSSR count). The Bertz CT molecular complexity index is 365. The first kappa shape index (κ1) is 14.1. The molecule has 0 aliphatic heterocycles. The van der Waals surface area contributed by atoms with E-state index in [-0.39, 0.29) is 22.6 Å². The number of nitrogens with zero attached hydrogens (tertiary/aromatic N) is 1. The van der Waals surface area contributed by atoms with Crippen LogP contribution < -0.4 is 5.32 Å². The summed E-state index contributed by atoms with van der Waals surface area (Å²) in [6.07, 6.45) is 0.893. The summed E-state index contributed by atoms with van der Waals surface area (Å²) in [6.45, 7) is 4.85.